The highest BCUT2D eigenvalue weighted by molar-refractivity contribution is 5.93. The molecule has 0 atom stereocenters. The number of aromatic nitrogens is 3. The summed E-state index contributed by atoms with van der Waals surface area (Å²) in [5.41, 5.74) is 4.28. The minimum absolute atomic E-state index is 0.771. The summed E-state index contributed by atoms with van der Waals surface area (Å²) in [5.74, 6) is 1.00. The number of rotatable bonds is 2. The van der Waals surface area contributed by atoms with Crippen molar-refractivity contribution in [3.8, 4) is 11.3 Å². The maximum absolute atomic E-state index is 5.38. The highest BCUT2D eigenvalue weighted by atomic mass is 16.5. The van der Waals surface area contributed by atoms with E-state index >= 15 is 0 Å². The summed E-state index contributed by atoms with van der Waals surface area (Å²) in [7, 11) is 0. The van der Waals surface area contributed by atoms with Gasteiger partial charge >= 0.3 is 0 Å². The highest BCUT2D eigenvalue weighted by Crippen LogP contribution is 2.27. The molecule has 0 amide bonds. The van der Waals surface area contributed by atoms with Crippen LogP contribution in [0.3, 0.4) is 0 Å². The van der Waals surface area contributed by atoms with Crippen molar-refractivity contribution in [1.82, 2.24) is 15.2 Å². The van der Waals surface area contributed by atoms with Gasteiger partial charge in [0.25, 0.3) is 0 Å². The molecule has 0 unspecified atom stereocenters. The second-order valence-corrected chi connectivity index (χ2v) is 5.63. The van der Waals surface area contributed by atoms with Crippen LogP contribution in [0, 0.1) is 6.92 Å². The number of anilines is 1. The van der Waals surface area contributed by atoms with Gasteiger partial charge in [-0.15, -0.1) is 0 Å². The zero-order chi connectivity index (χ0) is 14.9. The second-order valence-electron chi connectivity index (χ2n) is 5.63. The van der Waals surface area contributed by atoms with Gasteiger partial charge < -0.3 is 9.64 Å². The van der Waals surface area contributed by atoms with Crippen molar-refractivity contribution in [1.29, 1.82) is 0 Å². The summed E-state index contributed by atoms with van der Waals surface area (Å²) in [6.45, 7) is 5.42. The Balaban J connectivity index is 1.67. The third kappa shape index (κ3) is 2.33. The van der Waals surface area contributed by atoms with Crippen LogP contribution in [0.2, 0.25) is 0 Å². The number of aryl methyl sites for hydroxylation is 1. The van der Waals surface area contributed by atoms with E-state index in [1.165, 1.54) is 5.56 Å². The van der Waals surface area contributed by atoms with Crippen LogP contribution in [0.1, 0.15) is 5.56 Å². The van der Waals surface area contributed by atoms with E-state index in [-0.39, 0.29) is 0 Å². The first-order valence-corrected chi connectivity index (χ1v) is 7.55. The van der Waals surface area contributed by atoms with Gasteiger partial charge in [0.15, 0.2) is 0 Å². The van der Waals surface area contributed by atoms with Gasteiger partial charge in [-0.1, -0.05) is 12.1 Å². The minimum atomic E-state index is 0.771. The lowest BCUT2D eigenvalue weighted by Gasteiger charge is -2.27. The molecule has 3 heterocycles. The van der Waals surface area contributed by atoms with E-state index in [1.807, 2.05) is 6.20 Å². The van der Waals surface area contributed by atoms with Crippen LogP contribution in [0.25, 0.3) is 22.2 Å². The fourth-order valence-electron chi connectivity index (χ4n) is 2.86. The number of morpholine rings is 1. The van der Waals surface area contributed by atoms with Gasteiger partial charge in [-0.3, -0.25) is 5.10 Å². The zero-order valence-electron chi connectivity index (χ0n) is 12.5. The van der Waals surface area contributed by atoms with Crippen molar-refractivity contribution < 1.29 is 4.74 Å². The monoisotopic (exact) mass is 294 g/mol. The lowest BCUT2D eigenvalue weighted by atomic mass is 10.1. The molecule has 22 heavy (non-hydrogen) atoms. The average molecular weight is 294 g/mol. The van der Waals surface area contributed by atoms with E-state index < -0.39 is 0 Å². The molecule has 1 saturated heterocycles. The predicted octanol–water partition coefficient (Wildman–Crippen LogP) is 2.77. The average Bonchev–Trinajstić information content (AvgIpc) is 2.99. The number of nitrogens with one attached hydrogen (secondary N) is 1. The van der Waals surface area contributed by atoms with Crippen LogP contribution in [-0.2, 0) is 4.74 Å². The molecular formula is C17H18N4O. The Bertz CT molecular complexity index is 788. The third-order valence-corrected chi connectivity index (χ3v) is 4.07. The van der Waals surface area contributed by atoms with Crippen LogP contribution < -0.4 is 4.90 Å². The number of fused-ring (bicyclic) bond motifs is 1. The fraction of sp³-hybridized carbons (Fsp3) is 0.294. The van der Waals surface area contributed by atoms with E-state index in [4.69, 9.17) is 4.74 Å². The number of pyridine rings is 1. The van der Waals surface area contributed by atoms with Gasteiger partial charge in [0.1, 0.15) is 11.5 Å². The van der Waals surface area contributed by atoms with Crippen molar-refractivity contribution in [3.63, 3.8) is 0 Å². The lowest BCUT2D eigenvalue weighted by Crippen LogP contribution is -2.36. The molecule has 1 fully saturated rings. The second kappa shape index (κ2) is 5.42. The largest absolute Gasteiger partial charge is 0.378 e. The van der Waals surface area contributed by atoms with Crippen molar-refractivity contribution >= 4 is 16.7 Å². The summed E-state index contributed by atoms with van der Waals surface area (Å²) >= 11 is 0. The van der Waals surface area contributed by atoms with E-state index in [2.05, 4.69) is 57.3 Å². The molecule has 5 nitrogen and oxygen atoms in total. The molecule has 112 valence electrons. The zero-order valence-corrected chi connectivity index (χ0v) is 12.5. The van der Waals surface area contributed by atoms with E-state index in [0.29, 0.717) is 0 Å². The molecular weight excluding hydrogens is 276 g/mol. The first-order valence-electron chi connectivity index (χ1n) is 7.55. The Kier molecular flexibility index (Phi) is 3.27. The molecule has 0 aliphatic carbocycles. The molecule has 0 saturated carbocycles. The first-order chi connectivity index (χ1) is 10.8. The van der Waals surface area contributed by atoms with Gasteiger partial charge in [-0.05, 0) is 30.7 Å². The molecule has 1 N–H and O–H groups in total. The maximum atomic E-state index is 5.38. The third-order valence-electron chi connectivity index (χ3n) is 4.07. The van der Waals surface area contributed by atoms with Crippen molar-refractivity contribution in [2.24, 2.45) is 0 Å². The quantitative estimate of drug-likeness (QED) is 0.789. The fourth-order valence-corrected chi connectivity index (χ4v) is 2.86. The van der Waals surface area contributed by atoms with Gasteiger partial charge in [-0.2, -0.15) is 5.10 Å². The minimum Gasteiger partial charge on any atom is -0.378 e. The summed E-state index contributed by atoms with van der Waals surface area (Å²) in [4.78, 5) is 6.85. The first kappa shape index (κ1) is 13.3. The number of ether oxygens (including phenoxy) is 1. The van der Waals surface area contributed by atoms with Gasteiger partial charge in [0.2, 0.25) is 0 Å². The number of nitrogens with zero attached hydrogens (tertiary/aromatic N) is 3. The Labute approximate surface area is 128 Å². The van der Waals surface area contributed by atoms with Gasteiger partial charge in [0, 0.05) is 30.2 Å². The summed E-state index contributed by atoms with van der Waals surface area (Å²) in [5, 5.41) is 8.68. The molecule has 0 spiro atoms. The standard InChI is InChI=1S/C17H18N4O/c1-12-2-4-14-15(10-12)19-20-17(14)13-3-5-16(18-11-13)21-6-8-22-9-7-21/h2-5,10-11H,6-9H2,1H3,(H,19,20). The molecule has 3 aromatic rings. The van der Waals surface area contributed by atoms with E-state index in [1.54, 1.807) is 0 Å². The van der Waals surface area contributed by atoms with Crippen LogP contribution in [0.4, 0.5) is 5.82 Å². The molecule has 5 heteroatoms. The van der Waals surface area contributed by atoms with Gasteiger partial charge in [0.05, 0.1) is 18.7 Å². The molecule has 2 aromatic heterocycles. The number of aromatic amines is 1. The smallest absolute Gasteiger partial charge is 0.128 e. The van der Waals surface area contributed by atoms with Crippen LogP contribution in [-0.4, -0.2) is 41.5 Å². The molecule has 4 rings (SSSR count). The number of H-pyrrole nitrogens is 1. The number of hydrogen-bond acceptors (Lipinski definition) is 4. The molecule has 0 radical (unpaired) electrons. The Morgan fingerprint density at radius 2 is 2.00 bits per heavy atom. The maximum Gasteiger partial charge on any atom is 0.128 e. The Morgan fingerprint density at radius 3 is 2.77 bits per heavy atom. The normalized spacial score (nSPS) is 15.4. The van der Waals surface area contributed by atoms with Crippen molar-refractivity contribution in [2.75, 3.05) is 31.2 Å². The van der Waals surface area contributed by atoms with Crippen molar-refractivity contribution in [2.45, 2.75) is 6.92 Å². The van der Waals surface area contributed by atoms with E-state index in [0.717, 1.165) is 54.3 Å². The molecule has 1 aliphatic rings. The molecule has 0 bridgehead atoms. The van der Waals surface area contributed by atoms with Crippen LogP contribution in [0.5, 0.6) is 0 Å². The predicted molar refractivity (Wildman–Crippen MR) is 87.1 cm³/mol. The van der Waals surface area contributed by atoms with Crippen LogP contribution in [0.15, 0.2) is 36.5 Å². The molecule has 1 aliphatic heterocycles. The number of hydrogen-bond donors (Lipinski definition) is 1. The molecule has 1 aromatic carbocycles. The Morgan fingerprint density at radius 1 is 1.14 bits per heavy atom. The lowest BCUT2D eigenvalue weighted by molar-refractivity contribution is 0.122. The van der Waals surface area contributed by atoms with E-state index in [9.17, 15) is 0 Å². The highest BCUT2D eigenvalue weighted by Gasteiger charge is 2.13. The number of benzene rings is 1. The summed E-state index contributed by atoms with van der Waals surface area (Å²) < 4.78 is 5.38. The summed E-state index contributed by atoms with van der Waals surface area (Å²) in [6.07, 6.45) is 1.90. The Hall–Kier alpha value is -2.40. The topological polar surface area (TPSA) is 54.0 Å². The van der Waals surface area contributed by atoms with Gasteiger partial charge in [-0.25, -0.2) is 4.98 Å². The van der Waals surface area contributed by atoms with Crippen LogP contribution >= 0.6 is 0 Å². The van der Waals surface area contributed by atoms with Crippen molar-refractivity contribution in [3.05, 3.63) is 42.1 Å². The summed E-state index contributed by atoms with van der Waals surface area (Å²) in [6, 6.07) is 10.5. The SMILES string of the molecule is Cc1ccc2c(-c3ccc(N4CCOCC4)nc3)n[nH]c2c1.